The standard InChI is InChI=1S/C24H37N5O/c1-16-12-18(3)22(27-14-16)20-8-7-9-21(23-19(4)13-17(2)15-28-23)29(20)11-6-5-10-26-24(25)30/h12,14-15,17,19-20H,5-11,13H2,1-4H3,(H3,25,26,30). The van der Waals surface area contributed by atoms with Crippen molar-refractivity contribution < 1.29 is 4.79 Å². The van der Waals surface area contributed by atoms with E-state index in [4.69, 9.17) is 15.7 Å². The Balaban J connectivity index is 1.88. The number of aryl methyl sites for hydroxylation is 2. The number of nitrogens with zero attached hydrogens (tertiary/aromatic N) is 3. The van der Waals surface area contributed by atoms with Crippen LogP contribution in [0.5, 0.6) is 0 Å². The van der Waals surface area contributed by atoms with Crippen LogP contribution in [0.25, 0.3) is 0 Å². The van der Waals surface area contributed by atoms with Crippen LogP contribution in [0.1, 0.15) is 75.2 Å². The molecule has 1 saturated heterocycles. The van der Waals surface area contributed by atoms with Crippen molar-refractivity contribution in [2.75, 3.05) is 13.1 Å². The number of pyridine rings is 1. The summed E-state index contributed by atoms with van der Waals surface area (Å²) in [6, 6.07) is 2.07. The molecule has 0 radical (unpaired) electrons. The molecule has 0 saturated carbocycles. The summed E-state index contributed by atoms with van der Waals surface area (Å²) in [5, 5.41) is 2.70. The van der Waals surface area contributed by atoms with Gasteiger partial charge in [0.2, 0.25) is 0 Å². The molecular weight excluding hydrogens is 374 g/mol. The second-order valence-corrected chi connectivity index (χ2v) is 9.04. The molecule has 164 valence electrons. The van der Waals surface area contributed by atoms with Crippen molar-refractivity contribution in [3.63, 3.8) is 0 Å². The smallest absolute Gasteiger partial charge is 0.312 e. The zero-order chi connectivity index (χ0) is 21.7. The fourth-order valence-electron chi connectivity index (χ4n) is 4.92. The van der Waals surface area contributed by atoms with Crippen molar-refractivity contribution in [1.29, 1.82) is 0 Å². The van der Waals surface area contributed by atoms with E-state index in [1.165, 1.54) is 28.2 Å². The van der Waals surface area contributed by atoms with E-state index in [0.29, 0.717) is 18.4 Å². The minimum atomic E-state index is -0.451. The summed E-state index contributed by atoms with van der Waals surface area (Å²) < 4.78 is 0. The number of likely N-dealkylation sites (tertiary alicyclic amines) is 1. The van der Waals surface area contributed by atoms with E-state index in [1.54, 1.807) is 0 Å². The highest BCUT2D eigenvalue weighted by Crippen LogP contribution is 2.41. The van der Waals surface area contributed by atoms with Crippen LogP contribution >= 0.6 is 0 Å². The first-order chi connectivity index (χ1) is 14.4. The highest BCUT2D eigenvalue weighted by Gasteiger charge is 2.32. The van der Waals surface area contributed by atoms with Crippen LogP contribution in [0, 0.1) is 25.7 Å². The van der Waals surface area contributed by atoms with Crippen molar-refractivity contribution in [1.82, 2.24) is 15.2 Å². The van der Waals surface area contributed by atoms with E-state index in [0.717, 1.165) is 45.1 Å². The molecule has 0 spiro atoms. The molecule has 3 N–H and O–H groups in total. The number of unbranched alkanes of at least 4 members (excludes halogenated alkanes) is 1. The van der Waals surface area contributed by atoms with E-state index in [9.17, 15) is 4.79 Å². The fourth-order valence-corrected chi connectivity index (χ4v) is 4.92. The van der Waals surface area contributed by atoms with E-state index in [2.05, 4.69) is 50.2 Å². The Hall–Kier alpha value is -2.37. The third-order valence-corrected chi connectivity index (χ3v) is 6.27. The number of rotatable bonds is 6. The molecule has 0 aliphatic carbocycles. The molecule has 3 unspecified atom stereocenters. The molecule has 2 amide bonds. The molecule has 1 aromatic heterocycles. The van der Waals surface area contributed by atoms with Gasteiger partial charge in [0.05, 0.1) is 17.4 Å². The number of allylic oxidation sites excluding steroid dienone is 2. The molecule has 1 aromatic rings. The Morgan fingerprint density at radius 3 is 2.80 bits per heavy atom. The van der Waals surface area contributed by atoms with Crippen LogP contribution in [0.3, 0.4) is 0 Å². The average molecular weight is 412 g/mol. The molecule has 3 rings (SSSR count). The normalized spacial score (nSPS) is 26.7. The first kappa shape index (κ1) is 22.3. The topological polar surface area (TPSA) is 83.6 Å². The number of aliphatic imine (C=N–C) groups is 1. The van der Waals surface area contributed by atoms with Crippen molar-refractivity contribution in [2.45, 2.75) is 72.3 Å². The third-order valence-electron chi connectivity index (χ3n) is 6.27. The summed E-state index contributed by atoms with van der Waals surface area (Å²) >= 11 is 0. The Kier molecular flexibility index (Phi) is 7.51. The number of urea groups is 1. The van der Waals surface area contributed by atoms with Crippen molar-refractivity contribution in [2.24, 2.45) is 22.6 Å². The number of primary amides is 1. The molecule has 3 heterocycles. The number of aromatic nitrogens is 1. The molecule has 0 aromatic carbocycles. The third kappa shape index (κ3) is 5.41. The monoisotopic (exact) mass is 411 g/mol. The minimum absolute atomic E-state index is 0.285. The van der Waals surface area contributed by atoms with Gasteiger partial charge in [0.25, 0.3) is 0 Å². The number of carbonyl (C=O) groups excluding carboxylic acids is 1. The maximum Gasteiger partial charge on any atom is 0.312 e. The van der Waals surface area contributed by atoms with Crippen LogP contribution < -0.4 is 11.1 Å². The van der Waals surface area contributed by atoms with Gasteiger partial charge in [0.15, 0.2) is 0 Å². The van der Waals surface area contributed by atoms with Crippen LogP contribution in [0.2, 0.25) is 0 Å². The van der Waals surface area contributed by atoms with E-state index in [-0.39, 0.29) is 6.04 Å². The molecule has 2 aliphatic rings. The lowest BCUT2D eigenvalue weighted by molar-refractivity contribution is 0.186. The minimum Gasteiger partial charge on any atom is -0.365 e. The zero-order valence-corrected chi connectivity index (χ0v) is 18.9. The lowest BCUT2D eigenvalue weighted by Crippen LogP contribution is -2.36. The molecule has 30 heavy (non-hydrogen) atoms. The lowest BCUT2D eigenvalue weighted by Gasteiger charge is -2.42. The van der Waals surface area contributed by atoms with Crippen molar-refractivity contribution >= 4 is 12.2 Å². The first-order valence-electron chi connectivity index (χ1n) is 11.4. The molecule has 1 fully saturated rings. The van der Waals surface area contributed by atoms with Crippen molar-refractivity contribution in [3.05, 3.63) is 40.5 Å². The predicted molar refractivity (Wildman–Crippen MR) is 122 cm³/mol. The molecule has 0 bridgehead atoms. The predicted octanol–water partition coefficient (Wildman–Crippen LogP) is 4.63. The Bertz CT molecular complexity index is 816. The fraction of sp³-hybridized carbons (Fsp3) is 0.625. The summed E-state index contributed by atoms with van der Waals surface area (Å²) in [6.45, 7) is 10.4. The van der Waals surface area contributed by atoms with Gasteiger partial charge in [0.1, 0.15) is 0 Å². The van der Waals surface area contributed by atoms with Crippen LogP contribution in [0.15, 0.2) is 28.6 Å². The first-order valence-corrected chi connectivity index (χ1v) is 11.4. The highest BCUT2D eigenvalue weighted by molar-refractivity contribution is 5.71. The number of carbonyl (C=O) groups is 1. The van der Waals surface area contributed by atoms with Gasteiger partial charge in [-0.05, 0) is 69.4 Å². The Morgan fingerprint density at radius 2 is 2.10 bits per heavy atom. The number of piperidine rings is 1. The Labute approximate surface area is 181 Å². The lowest BCUT2D eigenvalue weighted by atomic mass is 9.87. The number of hydrogen-bond donors (Lipinski definition) is 2. The number of amides is 2. The summed E-state index contributed by atoms with van der Waals surface area (Å²) in [6.07, 6.45) is 10.5. The molecule has 2 aliphatic heterocycles. The summed E-state index contributed by atoms with van der Waals surface area (Å²) in [4.78, 5) is 23.3. The molecule has 6 nitrogen and oxygen atoms in total. The second-order valence-electron chi connectivity index (χ2n) is 9.04. The maximum absolute atomic E-state index is 11.0. The molecule has 6 heteroatoms. The Morgan fingerprint density at radius 1 is 1.30 bits per heavy atom. The van der Waals surface area contributed by atoms with Gasteiger partial charge in [-0.1, -0.05) is 19.9 Å². The van der Waals surface area contributed by atoms with Crippen LogP contribution in [0.4, 0.5) is 4.79 Å². The maximum atomic E-state index is 11.0. The van der Waals surface area contributed by atoms with Gasteiger partial charge < -0.3 is 16.0 Å². The van der Waals surface area contributed by atoms with E-state index in [1.807, 2.05) is 6.20 Å². The highest BCUT2D eigenvalue weighted by atomic mass is 16.2. The summed E-state index contributed by atoms with van der Waals surface area (Å²) in [5.74, 6) is 1.02. The van der Waals surface area contributed by atoms with E-state index < -0.39 is 6.03 Å². The molecular formula is C24H37N5O. The van der Waals surface area contributed by atoms with Gasteiger partial charge >= 0.3 is 6.03 Å². The quantitative estimate of drug-likeness (QED) is 0.669. The van der Waals surface area contributed by atoms with Crippen LogP contribution in [-0.2, 0) is 0 Å². The van der Waals surface area contributed by atoms with Gasteiger partial charge in [-0.3, -0.25) is 9.98 Å². The van der Waals surface area contributed by atoms with Crippen LogP contribution in [-0.4, -0.2) is 35.2 Å². The van der Waals surface area contributed by atoms with Gasteiger partial charge in [-0.25, -0.2) is 4.79 Å². The SMILES string of the molecule is Cc1cnc(C2CCCC(=C3N=CC(C)CC3C)N2CCCCNC(N)=O)c(C)c1. The van der Waals surface area contributed by atoms with Gasteiger partial charge in [-0.2, -0.15) is 0 Å². The number of nitrogens with two attached hydrogens (primary N) is 1. The van der Waals surface area contributed by atoms with Gasteiger partial charge in [-0.15, -0.1) is 0 Å². The largest absolute Gasteiger partial charge is 0.365 e. The van der Waals surface area contributed by atoms with E-state index >= 15 is 0 Å². The van der Waals surface area contributed by atoms with Crippen molar-refractivity contribution in [3.8, 4) is 0 Å². The zero-order valence-electron chi connectivity index (χ0n) is 18.9. The second kappa shape index (κ2) is 10.1. The summed E-state index contributed by atoms with van der Waals surface area (Å²) in [5.41, 5.74) is 11.5. The number of hydrogen-bond acceptors (Lipinski definition) is 4. The molecule has 3 atom stereocenters. The average Bonchev–Trinajstić information content (AvgIpc) is 2.68. The summed E-state index contributed by atoms with van der Waals surface area (Å²) in [7, 11) is 0. The van der Waals surface area contributed by atoms with Gasteiger partial charge in [0, 0.05) is 37.1 Å². The number of nitrogens with one attached hydrogen (secondary N) is 1.